The van der Waals surface area contributed by atoms with Crippen molar-refractivity contribution >= 4 is 17.3 Å². The normalized spacial score (nSPS) is 10.2. The summed E-state index contributed by atoms with van der Waals surface area (Å²) in [7, 11) is 0. The predicted molar refractivity (Wildman–Crippen MR) is 48.6 cm³/mol. The van der Waals surface area contributed by atoms with Crippen LogP contribution in [0.5, 0.6) is 0 Å². The highest BCUT2D eigenvalue weighted by atomic mass is 35.5. The van der Waals surface area contributed by atoms with E-state index in [1.165, 1.54) is 11.0 Å². The molecule has 0 radical (unpaired) electrons. The number of nitrogens with zero attached hydrogens (tertiary/aromatic N) is 4. The minimum atomic E-state index is 0.237. The second kappa shape index (κ2) is 3.02. The second-order valence-corrected chi connectivity index (χ2v) is 2.71. The van der Waals surface area contributed by atoms with Gasteiger partial charge in [0.1, 0.15) is 12.0 Å². The van der Waals surface area contributed by atoms with Gasteiger partial charge in [-0.25, -0.2) is 14.6 Å². The van der Waals surface area contributed by atoms with Gasteiger partial charge in [-0.1, -0.05) is 11.6 Å². The monoisotopic (exact) mass is 195 g/mol. The van der Waals surface area contributed by atoms with Crippen LogP contribution in [-0.2, 0) is 0 Å². The van der Waals surface area contributed by atoms with Crippen molar-refractivity contribution in [2.24, 2.45) is 0 Å². The van der Waals surface area contributed by atoms with Crippen molar-refractivity contribution in [3.8, 4) is 5.82 Å². The Labute approximate surface area is 79.2 Å². The molecular weight excluding hydrogens is 190 g/mol. The SMILES string of the molecule is Nc1c(Cl)ncnc1-n1cccn1. The third-order valence-electron chi connectivity index (χ3n) is 1.54. The Morgan fingerprint density at radius 2 is 2.23 bits per heavy atom. The Balaban J connectivity index is 2.59. The van der Waals surface area contributed by atoms with E-state index >= 15 is 0 Å². The fourth-order valence-electron chi connectivity index (χ4n) is 0.942. The summed E-state index contributed by atoms with van der Waals surface area (Å²) < 4.78 is 1.53. The lowest BCUT2D eigenvalue weighted by molar-refractivity contribution is 0.843. The number of anilines is 1. The third kappa shape index (κ3) is 1.33. The molecule has 0 unspecified atom stereocenters. The largest absolute Gasteiger partial charge is 0.393 e. The molecule has 0 saturated heterocycles. The van der Waals surface area contributed by atoms with Crippen LogP contribution in [0.2, 0.25) is 5.15 Å². The van der Waals surface area contributed by atoms with Crippen molar-refractivity contribution in [3.05, 3.63) is 29.9 Å². The Kier molecular flexibility index (Phi) is 1.86. The summed E-state index contributed by atoms with van der Waals surface area (Å²) in [4.78, 5) is 7.70. The van der Waals surface area contributed by atoms with Crippen molar-refractivity contribution in [2.75, 3.05) is 5.73 Å². The maximum atomic E-state index is 5.71. The molecule has 2 rings (SSSR count). The first kappa shape index (κ1) is 8.00. The molecule has 0 bridgehead atoms. The summed E-state index contributed by atoms with van der Waals surface area (Å²) in [6, 6.07) is 1.77. The molecule has 0 aliphatic rings. The van der Waals surface area contributed by atoms with Gasteiger partial charge < -0.3 is 5.73 Å². The fourth-order valence-corrected chi connectivity index (χ4v) is 1.07. The molecule has 0 fully saturated rings. The first-order valence-electron chi connectivity index (χ1n) is 3.55. The van der Waals surface area contributed by atoms with Gasteiger partial charge in [-0.3, -0.25) is 0 Å². The lowest BCUT2D eigenvalue weighted by Crippen LogP contribution is -2.04. The topological polar surface area (TPSA) is 69.6 Å². The average Bonchev–Trinajstić information content (AvgIpc) is 2.62. The van der Waals surface area contributed by atoms with E-state index in [9.17, 15) is 0 Å². The van der Waals surface area contributed by atoms with Gasteiger partial charge in [0.2, 0.25) is 0 Å². The number of halogens is 1. The number of rotatable bonds is 1. The van der Waals surface area contributed by atoms with E-state index in [1.54, 1.807) is 18.5 Å². The third-order valence-corrected chi connectivity index (χ3v) is 1.84. The van der Waals surface area contributed by atoms with Gasteiger partial charge in [-0.05, 0) is 6.07 Å². The number of nitrogens with two attached hydrogens (primary N) is 1. The van der Waals surface area contributed by atoms with Crippen LogP contribution in [0.4, 0.5) is 5.69 Å². The highest BCUT2D eigenvalue weighted by Crippen LogP contribution is 2.19. The van der Waals surface area contributed by atoms with Crippen LogP contribution < -0.4 is 5.73 Å². The van der Waals surface area contributed by atoms with Crippen LogP contribution in [-0.4, -0.2) is 19.7 Å². The van der Waals surface area contributed by atoms with Crippen LogP contribution in [0.1, 0.15) is 0 Å². The molecule has 0 amide bonds. The van der Waals surface area contributed by atoms with Crippen LogP contribution >= 0.6 is 11.6 Å². The Hall–Kier alpha value is -1.62. The molecule has 5 nitrogen and oxygen atoms in total. The molecule has 0 saturated carbocycles. The van der Waals surface area contributed by atoms with Crippen LogP contribution in [0.3, 0.4) is 0 Å². The van der Waals surface area contributed by atoms with Crippen molar-refractivity contribution in [3.63, 3.8) is 0 Å². The Bertz CT molecular complexity index is 411. The summed E-state index contributed by atoms with van der Waals surface area (Å²) in [5.74, 6) is 0.491. The van der Waals surface area contributed by atoms with Gasteiger partial charge in [0.25, 0.3) is 0 Å². The summed E-state index contributed by atoms with van der Waals surface area (Å²) in [6.07, 6.45) is 4.71. The van der Waals surface area contributed by atoms with Crippen molar-refractivity contribution in [1.29, 1.82) is 0 Å². The molecule has 2 N–H and O–H groups in total. The van der Waals surface area contributed by atoms with Crippen LogP contribution in [0.25, 0.3) is 5.82 Å². The average molecular weight is 196 g/mol. The van der Waals surface area contributed by atoms with Crippen molar-refractivity contribution < 1.29 is 0 Å². The molecule has 0 aliphatic carbocycles. The van der Waals surface area contributed by atoms with E-state index < -0.39 is 0 Å². The summed E-state index contributed by atoms with van der Waals surface area (Å²) in [5, 5.41) is 4.21. The summed E-state index contributed by atoms with van der Waals surface area (Å²) >= 11 is 5.71. The minimum Gasteiger partial charge on any atom is -0.393 e. The van der Waals surface area contributed by atoms with Gasteiger partial charge in [-0.2, -0.15) is 5.10 Å². The van der Waals surface area contributed by atoms with Crippen molar-refractivity contribution in [1.82, 2.24) is 19.7 Å². The second-order valence-electron chi connectivity index (χ2n) is 2.35. The summed E-state index contributed by atoms with van der Waals surface area (Å²) in [6.45, 7) is 0. The molecule has 2 aromatic heterocycles. The standard InChI is InChI=1S/C7H6ClN5/c8-6-5(9)7(11-4-10-6)13-3-1-2-12-13/h1-4H,9H2. The molecule has 66 valence electrons. The van der Waals surface area contributed by atoms with Gasteiger partial charge in [0.15, 0.2) is 11.0 Å². The molecule has 6 heteroatoms. The highest BCUT2D eigenvalue weighted by Gasteiger charge is 2.06. The maximum absolute atomic E-state index is 5.71. The van der Waals surface area contributed by atoms with E-state index in [0.29, 0.717) is 11.5 Å². The van der Waals surface area contributed by atoms with E-state index in [2.05, 4.69) is 15.1 Å². The van der Waals surface area contributed by atoms with Crippen molar-refractivity contribution in [2.45, 2.75) is 0 Å². The number of hydrogen-bond donors (Lipinski definition) is 1. The maximum Gasteiger partial charge on any atom is 0.181 e. The quantitative estimate of drug-likeness (QED) is 0.687. The first-order chi connectivity index (χ1) is 6.29. The highest BCUT2D eigenvalue weighted by molar-refractivity contribution is 6.32. The van der Waals surface area contributed by atoms with E-state index in [1.807, 2.05) is 0 Å². The lowest BCUT2D eigenvalue weighted by Gasteiger charge is -2.03. The number of nitrogen functional groups attached to an aromatic ring is 1. The van der Waals surface area contributed by atoms with E-state index in [4.69, 9.17) is 17.3 Å². The van der Waals surface area contributed by atoms with Crippen LogP contribution in [0, 0.1) is 0 Å². The zero-order chi connectivity index (χ0) is 9.26. The Morgan fingerprint density at radius 3 is 2.92 bits per heavy atom. The van der Waals surface area contributed by atoms with Crippen LogP contribution in [0.15, 0.2) is 24.8 Å². The zero-order valence-electron chi connectivity index (χ0n) is 6.55. The molecule has 0 atom stereocenters. The lowest BCUT2D eigenvalue weighted by atomic mass is 10.5. The minimum absolute atomic E-state index is 0.237. The molecule has 0 aliphatic heterocycles. The molecule has 2 heterocycles. The first-order valence-corrected chi connectivity index (χ1v) is 3.93. The molecule has 0 aromatic carbocycles. The Morgan fingerprint density at radius 1 is 1.38 bits per heavy atom. The summed E-state index contributed by atoms with van der Waals surface area (Å²) in [5.41, 5.74) is 5.98. The molecule has 0 spiro atoms. The fraction of sp³-hybridized carbons (Fsp3) is 0. The van der Waals surface area contributed by atoms with Gasteiger partial charge in [0, 0.05) is 12.4 Å². The smallest absolute Gasteiger partial charge is 0.181 e. The molecule has 2 aromatic rings. The van der Waals surface area contributed by atoms with Gasteiger partial charge in [-0.15, -0.1) is 0 Å². The van der Waals surface area contributed by atoms with Gasteiger partial charge >= 0.3 is 0 Å². The zero-order valence-corrected chi connectivity index (χ0v) is 7.31. The number of hydrogen-bond acceptors (Lipinski definition) is 4. The number of aromatic nitrogens is 4. The van der Waals surface area contributed by atoms with E-state index in [0.717, 1.165) is 0 Å². The molecular formula is C7H6ClN5. The molecule has 13 heavy (non-hydrogen) atoms. The van der Waals surface area contributed by atoms with Gasteiger partial charge in [0.05, 0.1) is 0 Å². The predicted octanol–water partition coefficient (Wildman–Crippen LogP) is 0.898. The van der Waals surface area contributed by atoms with E-state index in [-0.39, 0.29) is 5.15 Å².